The molecular formula is C8H5F4NO4. The minimum Gasteiger partial charge on any atom is -0.459 e. The number of rotatable bonds is 4. The number of nitro benzene ring substituents is 1. The van der Waals surface area contributed by atoms with Crippen molar-refractivity contribution in [2.24, 2.45) is 0 Å². The summed E-state index contributed by atoms with van der Waals surface area (Å²) in [6.07, 6.45) is -5.00. The second-order valence-electron chi connectivity index (χ2n) is 2.69. The van der Waals surface area contributed by atoms with E-state index < -0.39 is 35.3 Å². The topological polar surface area (TPSA) is 61.6 Å². The quantitative estimate of drug-likeness (QED) is 0.471. The van der Waals surface area contributed by atoms with Crippen LogP contribution >= 0.6 is 0 Å². The number of non-ortho nitro benzene ring substituents is 1. The summed E-state index contributed by atoms with van der Waals surface area (Å²) >= 11 is 0. The molecule has 0 fully saturated rings. The minimum atomic E-state index is -5.00. The highest BCUT2D eigenvalue weighted by atomic mass is 19.4. The fraction of sp³-hybridized carbons (Fsp3) is 0.250. The largest absolute Gasteiger partial charge is 0.573 e. The smallest absolute Gasteiger partial charge is 0.459 e. The van der Waals surface area contributed by atoms with Crippen molar-refractivity contribution in [2.45, 2.75) is 6.36 Å². The summed E-state index contributed by atoms with van der Waals surface area (Å²) in [7, 11) is 0. The average molecular weight is 255 g/mol. The number of halogens is 4. The summed E-state index contributed by atoms with van der Waals surface area (Å²) in [5.41, 5.74) is -0.539. The molecule has 0 atom stereocenters. The summed E-state index contributed by atoms with van der Waals surface area (Å²) in [4.78, 5) is 9.49. The van der Waals surface area contributed by atoms with Crippen molar-refractivity contribution >= 4 is 5.69 Å². The number of benzene rings is 1. The first-order valence-corrected chi connectivity index (χ1v) is 4.06. The Bertz CT molecular complexity index is 420. The van der Waals surface area contributed by atoms with Gasteiger partial charge in [-0.3, -0.25) is 10.1 Å². The second-order valence-corrected chi connectivity index (χ2v) is 2.69. The maximum Gasteiger partial charge on any atom is 0.573 e. The summed E-state index contributed by atoms with van der Waals surface area (Å²) < 4.78 is 55.3. The van der Waals surface area contributed by atoms with Crippen molar-refractivity contribution in [3.8, 4) is 11.5 Å². The number of nitro groups is 1. The lowest BCUT2D eigenvalue weighted by atomic mass is 10.3. The maximum atomic E-state index is 11.9. The fourth-order valence-electron chi connectivity index (χ4n) is 0.991. The van der Waals surface area contributed by atoms with Crippen molar-refractivity contribution in [1.29, 1.82) is 0 Å². The van der Waals surface area contributed by atoms with Gasteiger partial charge in [0, 0.05) is 6.07 Å². The Morgan fingerprint density at radius 2 is 1.94 bits per heavy atom. The Hall–Kier alpha value is -2.06. The molecule has 1 aromatic carbocycles. The number of alkyl halides is 4. The first-order chi connectivity index (χ1) is 7.83. The van der Waals surface area contributed by atoms with E-state index in [0.717, 1.165) is 6.07 Å². The Balaban J connectivity index is 3.08. The second kappa shape index (κ2) is 4.85. The number of hydrogen-bond acceptors (Lipinski definition) is 4. The molecule has 0 bridgehead atoms. The fourth-order valence-corrected chi connectivity index (χ4v) is 0.991. The molecule has 94 valence electrons. The third-order valence-corrected chi connectivity index (χ3v) is 1.57. The zero-order chi connectivity index (χ0) is 13.1. The highest BCUT2D eigenvalue weighted by Gasteiger charge is 2.33. The van der Waals surface area contributed by atoms with Crippen LogP contribution < -0.4 is 9.47 Å². The zero-order valence-electron chi connectivity index (χ0n) is 8.03. The van der Waals surface area contributed by atoms with Gasteiger partial charge in [-0.15, -0.1) is 13.2 Å². The van der Waals surface area contributed by atoms with Gasteiger partial charge in [-0.2, -0.15) is 0 Å². The van der Waals surface area contributed by atoms with Gasteiger partial charge in [0.2, 0.25) is 6.86 Å². The van der Waals surface area contributed by atoms with E-state index in [2.05, 4.69) is 9.47 Å². The van der Waals surface area contributed by atoms with E-state index in [4.69, 9.17) is 0 Å². The predicted molar refractivity (Wildman–Crippen MR) is 46.4 cm³/mol. The molecule has 1 aromatic rings. The molecule has 9 heteroatoms. The molecule has 0 unspecified atom stereocenters. The van der Waals surface area contributed by atoms with Gasteiger partial charge in [0.15, 0.2) is 11.5 Å². The van der Waals surface area contributed by atoms with E-state index in [-0.39, 0.29) is 0 Å². The molecular weight excluding hydrogens is 250 g/mol. The van der Waals surface area contributed by atoms with E-state index in [1.165, 1.54) is 0 Å². The van der Waals surface area contributed by atoms with Gasteiger partial charge in [-0.05, 0) is 6.07 Å². The van der Waals surface area contributed by atoms with Crippen LogP contribution in [0.25, 0.3) is 0 Å². The summed E-state index contributed by atoms with van der Waals surface area (Å²) in [6, 6.07) is 2.10. The van der Waals surface area contributed by atoms with E-state index in [1.807, 2.05) is 0 Å². The third kappa shape index (κ3) is 3.78. The van der Waals surface area contributed by atoms with Crippen LogP contribution in [0.1, 0.15) is 0 Å². The van der Waals surface area contributed by atoms with Crippen LogP contribution in [0, 0.1) is 10.1 Å². The highest BCUT2D eigenvalue weighted by molar-refractivity contribution is 5.48. The van der Waals surface area contributed by atoms with Gasteiger partial charge < -0.3 is 9.47 Å². The molecule has 0 amide bonds. The number of ether oxygens (including phenoxy) is 2. The molecule has 0 aliphatic rings. The average Bonchev–Trinajstić information content (AvgIpc) is 2.18. The van der Waals surface area contributed by atoms with Crippen molar-refractivity contribution in [3.63, 3.8) is 0 Å². The Morgan fingerprint density at radius 1 is 1.29 bits per heavy atom. The van der Waals surface area contributed by atoms with Crippen molar-refractivity contribution in [1.82, 2.24) is 0 Å². The van der Waals surface area contributed by atoms with Gasteiger partial charge in [-0.1, -0.05) is 0 Å². The molecule has 0 saturated carbocycles. The van der Waals surface area contributed by atoms with Crippen LogP contribution in [0.15, 0.2) is 18.2 Å². The van der Waals surface area contributed by atoms with Crippen LogP contribution in [-0.2, 0) is 0 Å². The van der Waals surface area contributed by atoms with Crippen molar-refractivity contribution < 1.29 is 32.0 Å². The molecule has 5 nitrogen and oxygen atoms in total. The lowest BCUT2D eigenvalue weighted by Gasteiger charge is -2.12. The van der Waals surface area contributed by atoms with Gasteiger partial charge in [0.1, 0.15) is 0 Å². The van der Waals surface area contributed by atoms with Crippen LogP contribution in [-0.4, -0.2) is 18.1 Å². The standard InChI is InChI=1S/C8H5F4NO4/c9-4-16-7-3-5(13(14)15)1-2-6(7)17-8(10,11)12/h1-3H,4H2. The van der Waals surface area contributed by atoms with E-state index in [1.54, 1.807) is 0 Å². The molecule has 0 heterocycles. The first-order valence-electron chi connectivity index (χ1n) is 4.06. The molecule has 0 aromatic heterocycles. The Kier molecular flexibility index (Phi) is 3.71. The Morgan fingerprint density at radius 3 is 2.41 bits per heavy atom. The van der Waals surface area contributed by atoms with Gasteiger partial charge in [0.25, 0.3) is 5.69 Å². The van der Waals surface area contributed by atoms with E-state index in [0.29, 0.717) is 12.1 Å². The molecule has 0 N–H and O–H groups in total. The molecule has 0 saturated heterocycles. The van der Waals surface area contributed by atoms with Crippen LogP contribution in [0.3, 0.4) is 0 Å². The minimum absolute atomic E-state index is 0.539. The molecule has 0 aliphatic heterocycles. The molecule has 0 spiro atoms. The highest BCUT2D eigenvalue weighted by Crippen LogP contribution is 2.35. The van der Waals surface area contributed by atoms with Gasteiger partial charge in [0.05, 0.1) is 11.0 Å². The van der Waals surface area contributed by atoms with E-state index >= 15 is 0 Å². The van der Waals surface area contributed by atoms with Crippen LogP contribution in [0.2, 0.25) is 0 Å². The van der Waals surface area contributed by atoms with Crippen molar-refractivity contribution in [3.05, 3.63) is 28.3 Å². The normalized spacial score (nSPS) is 11.1. The molecule has 1 rings (SSSR count). The monoisotopic (exact) mass is 255 g/mol. The van der Waals surface area contributed by atoms with Gasteiger partial charge >= 0.3 is 6.36 Å². The van der Waals surface area contributed by atoms with Gasteiger partial charge in [-0.25, -0.2) is 4.39 Å². The lowest BCUT2D eigenvalue weighted by molar-refractivity contribution is -0.385. The summed E-state index contributed by atoms with van der Waals surface area (Å²) in [5.74, 6) is -1.54. The van der Waals surface area contributed by atoms with Crippen LogP contribution in [0.5, 0.6) is 11.5 Å². The number of nitrogens with zero attached hydrogens (tertiary/aromatic N) is 1. The summed E-state index contributed by atoms with van der Waals surface area (Å²) in [5, 5.41) is 10.3. The molecule has 0 radical (unpaired) electrons. The third-order valence-electron chi connectivity index (χ3n) is 1.57. The van der Waals surface area contributed by atoms with Crippen LogP contribution in [0.4, 0.5) is 23.2 Å². The van der Waals surface area contributed by atoms with Crippen molar-refractivity contribution in [2.75, 3.05) is 6.86 Å². The maximum absolute atomic E-state index is 11.9. The number of hydrogen-bond donors (Lipinski definition) is 0. The SMILES string of the molecule is O=[N+]([O-])c1ccc(OC(F)(F)F)c(OCF)c1. The Labute approximate surface area is 91.7 Å². The summed E-state index contributed by atoms with van der Waals surface area (Å²) in [6.45, 7) is -1.44. The predicted octanol–water partition coefficient (Wildman–Crippen LogP) is 2.80. The van der Waals surface area contributed by atoms with E-state index in [9.17, 15) is 27.7 Å². The molecule has 17 heavy (non-hydrogen) atoms. The molecule has 0 aliphatic carbocycles. The zero-order valence-corrected chi connectivity index (χ0v) is 8.03. The lowest BCUT2D eigenvalue weighted by Crippen LogP contribution is -2.17. The first kappa shape index (κ1) is 13.0.